The zero-order valence-electron chi connectivity index (χ0n) is 9.10. The summed E-state index contributed by atoms with van der Waals surface area (Å²) >= 11 is 0. The van der Waals surface area contributed by atoms with Crippen LogP contribution in [0.4, 0.5) is 0 Å². The molecule has 0 unspecified atom stereocenters. The van der Waals surface area contributed by atoms with Gasteiger partial charge in [-0.1, -0.05) is 12.5 Å². The van der Waals surface area contributed by atoms with E-state index < -0.39 is 0 Å². The number of nitrogens with zero attached hydrogens (tertiary/aromatic N) is 2. The Balaban J connectivity index is 2.09. The molecule has 1 aliphatic heterocycles. The number of likely N-dealkylation sites (tertiary alicyclic amines) is 1. The molecule has 1 aromatic rings. The van der Waals surface area contributed by atoms with E-state index in [2.05, 4.69) is 16.0 Å². The summed E-state index contributed by atoms with van der Waals surface area (Å²) in [6, 6.07) is 6.38. The lowest BCUT2D eigenvalue weighted by Crippen LogP contribution is -2.37. The molecule has 2 rings (SSSR count). The summed E-state index contributed by atoms with van der Waals surface area (Å²) in [7, 11) is 0. The van der Waals surface area contributed by atoms with Crippen molar-refractivity contribution < 1.29 is 0 Å². The van der Waals surface area contributed by atoms with Crippen LogP contribution in [0.1, 0.15) is 31.0 Å². The third kappa shape index (κ3) is 2.55. The minimum atomic E-state index is 0.312. The lowest BCUT2D eigenvalue weighted by atomic mass is 10.1. The zero-order chi connectivity index (χ0) is 10.5. The molecule has 0 amide bonds. The Morgan fingerprint density at radius 3 is 2.67 bits per heavy atom. The van der Waals surface area contributed by atoms with Crippen molar-refractivity contribution in [2.45, 2.75) is 25.3 Å². The zero-order valence-corrected chi connectivity index (χ0v) is 9.10. The quantitative estimate of drug-likeness (QED) is 0.814. The maximum atomic E-state index is 5.85. The molecule has 0 radical (unpaired) electrons. The van der Waals surface area contributed by atoms with Gasteiger partial charge >= 0.3 is 0 Å². The summed E-state index contributed by atoms with van der Waals surface area (Å²) in [6.45, 7) is 2.99. The van der Waals surface area contributed by atoms with E-state index in [1.54, 1.807) is 0 Å². The smallest absolute Gasteiger partial charge is 0.0644 e. The van der Waals surface area contributed by atoms with E-state index in [-0.39, 0.29) is 0 Å². The van der Waals surface area contributed by atoms with Crippen LogP contribution in [0.3, 0.4) is 0 Å². The van der Waals surface area contributed by atoms with Crippen LogP contribution in [0, 0.1) is 0 Å². The van der Waals surface area contributed by atoms with E-state index in [9.17, 15) is 0 Å². The molecular weight excluding hydrogens is 186 g/mol. The topological polar surface area (TPSA) is 42.1 Å². The number of hydrogen-bond acceptors (Lipinski definition) is 3. The Kier molecular flexibility index (Phi) is 3.69. The first-order chi connectivity index (χ1) is 7.42. The van der Waals surface area contributed by atoms with Crippen molar-refractivity contribution in [1.82, 2.24) is 9.88 Å². The van der Waals surface area contributed by atoms with E-state index in [1.165, 1.54) is 32.4 Å². The third-order valence-corrected chi connectivity index (χ3v) is 3.08. The first-order valence-electron chi connectivity index (χ1n) is 5.77. The first-order valence-corrected chi connectivity index (χ1v) is 5.77. The fraction of sp³-hybridized carbons (Fsp3) is 0.583. The fourth-order valence-electron chi connectivity index (χ4n) is 2.26. The molecule has 15 heavy (non-hydrogen) atoms. The maximum Gasteiger partial charge on any atom is 0.0644 e. The average Bonchev–Trinajstić information content (AvgIpc) is 2.33. The van der Waals surface area contributed by atoms with Crippen LogP contribution in [0.5, 0.6) is 0 Å². The summed E-state index contributed by atoms with van der Waals surface area (Å²) in [4.78, 5) is 6.87. The summed E-state index contributed by atoms with van der Waals surface area (Å²) in [5, 5.41) is 0. The minimum Gasteiger partial charge on any atom is -0.329 e. The van der Waals surface area contributed by atoms with E-state index in [0.29, 0.717) is 12.6 Å². The lowest BCUT2D eigenvalue weighted by Gasteiger charge is -2.33. The summed E-state index contributed by atoms with van der Waals surface area (Å²) in [6.07, 6.45) is 5.80. The molecule has 0 spiro atoms. The molecule has 1 fully saturated rings. The molecular formula is C12H19N3. The SMILES string of the molecule is NC[C@@H](c1ccccn1)N1CCCCC1. The van der Waals surface area contributed by atoms with Crippen LogP contribution >= 0.6 is 0 Å². The van der Waals surface area contributed by atoms with Gasteiger partial charge in [-0.15, -0.1) is 0 Å². The monoisotopic (exact) mass is 205 g/mol. The number of pyridine rings is 1. The van der Waals surface area contributed by atoms with Gasteiger partial charge in [0.1, 0.15) is 0 Å². The number of nitrogens with two attached hydrogens (primary N) is 1. The second-order valence-corrected chi connectivity index (χ2v) is 4.10. The van der Waals surface area contributed by atoms with E-state index >= 15 is 0 Å². The van der Waals surface area contributed by atoms with Gasteiger partial charge in [-0.25, -0.2) is 0 Å². The number of rotatable bonds is 3. The number of piperidine rings is 1. The van der Waals surface area contributed by atoms with Crippen LogP contribution in [0.25, 0.3) is 0 Å². The Morgan fingerprint density at radius 2 is 2.07 bits per heavy atom. The highest BCUT2D eigenvalue weighted by Gasteiger charge is 2.21. The Morgan fingerprint density at radius 1 is 1.27 bits per heavy atom. The van der Waals surface area contributed by atoms with Crippen molar-refractivity contribution >= 4 is 0 Å². The van der Waals surface area contributed by atoms with Crippen LogP contribution in [-0.4, -0.2) is 29.5 Å². The standard InChI is InChI=1S/C12H19N3/c13-10-12(11-6-2-3-7-14-11)15-8-4-1-5-9-15/h2-3,6-7,12H,1,4-5,8-10,13H2/t12-/m0/s1. The van der Waals surface area contributed by atoms with Gasteiger partial charge in [-0.3, -0.25) is 9.88 Å². The van der Waals surface area contributed by atoms with E-state index in [4.69, 9.17) is 5.73 Å². The summed E-state index contributed by atoms with van der Waals surface area (Å²) < 4.78 is 0. The minimum absolute atomic E-state index is 0.312. The molecule has 1 aromatic heterocycles. The molecule has 0 saturated carbocycles. The first kappa shape index (κ1) is 10.6. The molecule has 2 N–H and O–H groups in total. The molecule has 3 nitrogen and oxygen atoms in total. The second kappa shape index (κ2) is 5.24. The van der Waals surface area contributed by atoms with Crippen molar-refractivity contribution in [1.29, 1.82) is 0 Å². The number of hydrogen-bond donors (Lipinski definition) is 1. The van der Waals surface area contributed by atoms with Crippen LogP contribution in [-0.2, 0) is 0 Å². The van der Waals surface area contributed by atoms with Crippen molar-refractivity contribution in [3.8, 4) is 0 Å². The molecule has 82 valence electrons. The van der Waals surface area contributed by atoms with Crippen molar-refractivity contribution in [2.75, 3.05) is 19.6 Å². The molecule has 3 heteroatoms. The highest BCUT2D eigenvalue weighted by atomic mass is 15.2. The highest BCUT2D eigenvalue weighted by molar-refractivity contribution is 5.09. The van der Waals surface area contributed by atoms with Gasteiger partial charge < -0.3 is 5.73 Å². The number of aromatic nitrogens is 1. The lowest BCUT2D eigenvalue weighted by molar-refractivity contribution is 0.164. The molecule has 1 saturated heterocycles. The predicted octanol–water partition coefficient (Wildman–Crippen LogP) is 1.57. The summed E-state index contributed by atoms with van der Waals surface area (Å²) in [5.41, 5.74) is 6.97. The van der Waals surface area contributed by atoms with Gasteiger partial charge in [0.05, 0.1) is 11.7 Å². The van der Waals surface area contributed by atoms with Crippen molar-refractivity contribution in [2.24, 2.45) is 5.73 Å². The summed E-state index contributed by atoms with van der Waals surface area (Å²) in [5.74, 6) is 0. The largest absolute Gasteiger partial charge is 0.329 e. The van der Waals surface area contributed by atoms with Crippen LogP contribution < -0.4 is 5.73 Å². The third-order valence-electron chi connectivity index (χ3n) is 3.08. The predicted molar refractivity (Wildman–Crippen MR) is 61.5 cm³/mol. The molecule has 1 atom stereocenters. The van der Waals surface area contributed by atoms with E-state index in [0.717, 1.165) is 5.69 Å². The van der Waals surface area contributed by atoms with Crippen LogP contribution in [0.15, 0.2) is 24.4 Å². The normalized spacial score (nSPS) is 20.1. The molecule has 0 aliphatic carbocycles. The van der Waals surface area contributed by atoms with E-state index in [1.807, 2.05) is 18.3 Å². The molecule has 2 heterocycles. The van der Waals surface area contributed by atoms with Crippen molar-refractivity contribution in [3.05, 3.63) is 30.1 Å². The van der Waals surface area contributed by atoms with Gasteiger partial charge in [0.25, 0.3) is 0 Å². The molecule has 1 aliphatic rings. The van der Waals surface area contributed by atoms with Gasteiger partial charge in [-0.2, -0.15) is 0 Å². The molecule has 0 bridgehead atoms. The fourth-order valence-corrected chi connectivity index (χ4v) is 2.26. The maximum absolute atomic E-state index is 5.85. The van der Waals surface area contributed by atoms with Gasteiger partial charge in [0.2, 0.25) is 0 Å². The Bertz CT molecular complexity index is 280. The second-order valence-electron chi connectivity index (χ2n) is 4.10. The van der Waals surface area contributed by atoms with Crippen LogP contribution in [0.2, 0.25) is 0 Å². The Labute approximate surface area is 91.3 Å². The highest BCUT2D eigenvalue weighted by Crippen LogP contribution is 2.21. The van der Waals surface area contributed by atoms with Gasteiger partial charge in [-0.05, 0) is 38.1 Å². The average molecular weight is 205 g/mol. The van der Waals surface area contributed by atoms with Gasteiger partial charge in [0.15, 0.2) is 0 Å². The van der Waals surface area contributed by atoms with Gasteiger partial charge in [0, 0.05) is 12.7 Å². The molecule has 0 aromatic carbocycles. The Hall–Kier alpha value is -0.930. The van der Waals surface area contributed by atoms with Crippen molar-refractivity contribution in [3.63, 3.8) is 0 Å².